The maximum Gasteiger partial charge on any atom is 0.185 e. The van der Waals surface area contributed by atoms with E-state index in [0.717, 1.165) is 22.4 Å². The maximum absolute atomic E-state index is 5.56. The molecule has 6 heteroatoms. The largest absolute Gasteiger partial charge is 0.344 e. The summed E-state index contributed by atoms with van der Waals surface area (Å²) in [5.41, 5.74) is 5.56. The van der Waals surface area contributed by atoms with Crippen LogP contribution < -0.4 is 10.6 Å². The van der Waals surface area contributed by atoms with Gasteiger partial charge in [-0.2, -0.15) is 0 Å². The van der Waals surface area contributed by atoms with Gasteiger partial charge in [-0.1, -0.05) is 0 Å². The Balaban J connectivity index is 2.08. The second-order valence-electron chi connectivity index (χ2n) is 3.62. The third-order valence-corrected chi connectivity index (χ3v) is 3.50. The lowest BCUT2D eigenvalue weighted by molar-refractivity contribution is 0.760. The molecule has 0 saturated carbocycles. The first kappa shape index (κ1) is 11.1. The molecule has 0 bridgehead atoms. The average Bonchev–Trinajstić information content (AvgIpc) is 2.88. The molecule has 0 aliphatic rings. The van der Waals surface area contributed by atoms with E-state index in [-0.39, 0.29) is 0 Å². The molecule has 0 fully saturated rings. The summed E-state index contributed by atoms with van der Waals surface area (Å²) in [7, 11) is 4.00. The summed E-state index contributed by atoms with van der Waals surface area (Å²) in [5, 5.41) is 0.975. The SMILES string of the molecule is CN(Cc1nccn1C)c1ncc(CN)s1. The Hall–Kier alpha value is -1.40. The van der Waals surface area contributed by atoms with Crippen molar-refractivity contribution in [3.63, 3.8) is 0 Å². The van der Waals surface area contributed by atoms with E-state index in [4.69, 9.17) is 5.73 Å². The van der Waals surface area contributed by atoms with Crippen LogP contribution in [0.1, 0.15) is 10.7 Å². The molecule has 5 nitrogen and oxygen atoms in total. The summed E-state index contributed by atoms with van der Waals surface area (Å²) in [5.74, 6) is 1.02. The standard InChI is InChI=1S/C10H15N5S/c1-14-4-3-12-9(14)7-15(2)10-13-6-8(5-11)16-10/h3-4,6H,5,7,11H2,1-2H3. The van der Waals surface area contributed by atoms with E-state index in [9.17, 15) is 0 Å². The topological polar surface area (TPSA) is 60.0 Å². The van der Waals surface area contributed by atoms with Gasteiger partial charge in [-0.25, -0.2) is 9.97 Å². The van der Waals surface area contributed by atoms with Gasteiger partial charge in [-0.05, 0) is 0 Å². The van der Waals surface area contributed by atoms with Gasteiger partial charge >= 0.3 is 0 Å². The Morgan fingerprint density at radius 1 is 1.50 bits per heavy atom. The van der Waals surface area contributed by atoms with Crippen LogP contribution in [0.5, 0.6) is 0 Å². The Labute approximate surface area is 98.5 Å². The molecule has 2 heterocycles. The zero-order valence-electron chi connectivity index (χ0n) is 9.42. The van der Waals surface area contributed by atoms with Crippen molar-refractivity contribution in [2.45, 2.75) is 13.1 Å². The highest BCUT2D eigenvalue weighted by Crippen LogP contribution is 2.21. The second-order valence-corrected chi connectivity index (χ2v) is 4.72. The first-order valence-corrected chi connectivity index (χ1v) is 5.84. The number of rotatable bonds is 4. The predicted molar refractivity (Wildman–Crippen MR) is 65.3 cm³/mol. The highest BCUT2D eigenvalue weighted by Gasteiger charge is 2.09. The minimum Gasteiger partial charge on any atom is -0.344 e. The lowest BCUT2D eigenvalue weighted by Gasteiger charge is -2.14. The van der Waals surface area contributed by atoms with Crippen molar-refractivity contribution in [1.29, 1.82) is 0 Å². The van der Waals surface area contributed by atoms with E-state index in [1.165, 1.54) is 0 Å². The number of hydrogen-bond donors (Lipinski definition) is 1. The van der Waals surface area contributed by atoms with Crippen LogP contribution >= 0.6 is 11.3 Å². The first-order valence-electron chi connectivity index (χ1n) is 5.03. The molecule has 0 atom stereocenters. The van der Waals surface area contributed by atoms with E-state index in [1.54, 1.807) is 17.5 Å². The summed E-state index contributed by atoms with van der Waals surface area (Å²) >= 11 is 1.62. The summed E-state index contributed by atoms with van der Waals surface area (Å²) in [6.07, 6.45) is 5.57. The minimum absolute atomic E-state index is 0.550. The van der Waals surface area contributed by atoms with Gasteiger partial charge in [0, 0.05) is 44.1 Å². The number of anilines is 1. The van der Waals surface area contributed by atoms with Crippen LogP contribution in [-0.4, -0.2) is 21.6 Å². The molecule has 0 amide bonds. The molecule has 86 valence electrons. The lowest BCUT2D eigenvalue weighted by atomic mass is 10.5. The van der Waals surface area contributed by atoms with Crippen molar-refractivity contribution < 1.29 is 0 Å². The van der Waals surface area contributed by atoms with Gasteiger partial charge in [0.05, 0.1) is 6.54 Å². The number of thiazole rings is 1. The number of imidazole rings is 1. The normalized spacial score (nSPS) is 10.7. The zero-order chi connectivity index (χ0) is 11.5. The Morgan fingerprint density at radius 2 is 2.31 bits per heavy atom. The van der Waals surface area contributed by atoms with E-state index in [0.29, 0.717) is 6.54 Å². The quantitative estimate of drug-likeness (QED) is 0.861. The summed E-state index contributed by atoms with van der Waals surface area (Å²) in [6, 6.07) is 0. The fourth-order valence-electron chi connectivity index (χ4n) is 1.40. The fourth-order valence-corrected chi connectivity index (χ4v) is 2.15. The van der Waals surface area contributed by atoms with Crippen molar-refractivity contribution in [3.05, 3.63) is 29.3 Å². The molecule has 2 N–H and O–H groups in total. The summed E-state index contributed by atoms with van der Waals surface area (Å²) in [6.45, 7) is 1.30. The van der Waals surface area contributed by atoms with Crippen molar-refractivity contribution in [1.82, 2.24) is 14.5 Å². The van der Waals surface area contributed by atoms with Gasteiger partial charge in [0.1, 0.15) is 5.82 Å². The van der Waals surface area contributed by atoms with Crippen LogP contribution in [-0.2, 0) is 20.1 Å². The summed E-state index contributed by atoms with van der Waals surface area (Å²) in [4.78, 5) is 11.8. The van der Waals surface area contributed by atoms with Gasteiger partial charge in [0.2, 0.25) is 0 Å². The minimum atomic E-state index is 0.550. The number of aryl methyl sites for hydroxylation is 1. The van der Waals surface area contributed by atoms with Crippen LogP contribution in [0.4, 0.5) is 5.13 Å². The predicted octanol–water partition coefficient (Wildman–Crippen LogP) is 0.972. The fraction of sp³-hybridized carbons (Fsp3) is 0.400. The van der Waals surface area contributed by atoms with Crippen LogP contribution in [0.3, 0.4) is 0 Å². The van der Waals surface area contributed by atoms with Crippen LogP contribution in [0.15, 0.2) is 18.6 Å². The Morgan fingerprint density at radius 3 is 2.88 bits per heavy atom. The second kappa shape index (κ2) is 4.63. The molecule has 0 radical (unpaired) electrons. The zero-order valence-corrected chi connectivity index (χ0v) is 10.2. The molecule has 0 spiro atoms. The van der Waals surface area contributed by atoms with Crippen molar-refractivity contribution >= 4 is 16.5 Å². The maximum atomic E-state index is 5.56. The number of aromatic nitrogens is 3. The Bertz CT molecular complexity index is 461. The molecular weight excluding hydrogens is 222 g/mol. The lowest BCUT2D eigenvalue weighted by Crippen LogP contribution is -2.18. The van der Waals surface area contributed by atoms with E-state index in [1.807, 2.05) is 31.1 Å². The molecule has 2 aromatic rings. The summed E-state index contributed by atoms with van der Waals surface area (Å²) < 4.78 is 2.01. The molecule has 16 heavy (non-hydrogen) atoms. The van der Waals surface area contributed by atoms with Gasteiger partial charge in [-0.3, -0.25) is 0 Å². The number of hydrogen-bond acceptors (Lipinski definition) is 5. The van der Waals surface area contributed by atoms with E-state index < -0.39 is 0 Å². The molecule has 2 rings (SSSR count). The number of nitrogens with two attached hydrogens (primary N) is 1. The van der Waals surface area contributed by atoms with Crippen LogP contribution in [0, 0.1) is 0 Å². The smallest absolute Gasteiger partial charge is 0.185 e. The Kier molecular flexibility index (Phi) is 3.21. The molecule has 0 unspecified atom stereocenters. The van der Waals surface area contributed by atoms with Crippen molar-refractivity contribution in [2.24, 2.45) is 12.8 Å². The van der Waals surface area contributed by atoms with Gasteiger partial charge < -0.3 is 15.2 Å². The molecule has 0 aliphatic heterocycles. The van der Waals surface area contributed by atoms with Gasteiger partial charge in [0.15, 0.2) is 5.13 Å². The third kappa shape index (κ3) is 2.23. The van der Waals surface area contributed by atoms with Crippen molar-refractivity contribution in [3.8, 4) is 0 Å². The average molecular weight is 237 g/mol. The molecule has 2 aromatic heterocycles. The highest BCUT2D eigenvalue weighted by atomic mass is 32.1. The van der Waals surface area contributed by atoms with E-state index >= 15 is 0 Å². The third-order valence-electron chi connectivity index (χ3n) is 2.37. The highest BCUT2D eigenvalue weighted by molar-refractivity contribution is 7.15. The van der Waals surface area contributed by atoms with Crippen molar-refractivity contribution in [2.75, 3.05) is 11.9 Å². The first-order chi connectivity index (χ1) is 7.70. The van der Waals surface area contributed by atoms with E-state index in [2.05, 4.69) is 14.9 Å². The number of nitrogens with zero attached hydrogens (tertiary/aromatic N) is 4. The molecule has 0 aliphatic carbocycles. The molecular formula is C10H15N5S. The monoisotopic (exact) mass is 237 g/mol. The molecule has 0 aromatic carbocycles. The van der Waals surface area contributed by atoms with Gasteiger partial charge in [-0.15, -0.1) is 11.3 Å². The molecule has 0 saturated heterocycles. The van der Waals surface area contributed by atoms with Crippen LogP contribution in [0.25, 0.3) is 0 Å². The van der Waals surface area contributed by atoms with Gasteiger partial charge in [0.25, 0.3) is 0 Å². The van der Waals surface area contributed by atoms with Crippen LogP contribution in [0.2, 0.25) is 0 Å².